The maximum Gasteiger partial charge on any atom is 0.240 e. The van der Waals surface area contributed by atoms with Gasteiger partial charge in [0.25, 0.3) is 0 Å². The van der Waals surface area contributed by atoms with Crippen LogP contribution in [0.25, 0.3) is 0 Å². The Bertz CT molecular complexity index is 577. The molecule has 0 aromatic heterocycles. The normalized spacial score (nSPS) is 22.1. The van der Waals surface area contributed by atoms with E-state index in [-0.39, 0.29) is 6.10 Å². The first-order valence-electron chi connectivity index (χ1n) is 7.38. The lowest BCUT2D eigenvalue weighted by Crippen LogP contribution is -2.27. The molecule has 0 saturated carbocycles. The van der Waals surface area contributed by atoms with Gasteiger partial charge in [0.1, 0.15) is 0 Å². The summed E-state index contributed by atoms with van der Waals surface area (Å²) in [6.07, 6.45) is 6.30. The van der Waals surface area contributed by atoms with E-state index in [9.17, 15) is 8.42 Å². The number of fused-ring (bicyclic) bond motifs is 1. The molecule has 110 valence electrons. The summed E-state index contributed by atoms with van der Waals surface area (Å²) in [4.78, 5) is 0.394. The molecule has 1 atom stereocenters. The number of aryl methyl sites for hydroxylation is 2. The molecule has 0 spiro atoms. The van der Waals surface area contributed by atoms with E-state index in [1.54, 1.807) is 6.07 Å². The zero-order chi connectivity index (χ0) is 14.0. The quantitative estimate of drug-likeness (QED) is 0.904. The van der Waals surface area contributed by atoms with Crippen molar-refractivity contribution in [3.05, 3.63) is 29.3 Å². The van der Waals surface area contributed by atoms with Gasteiger partial charge in [-0.05, 0) is 61.8 Å². The fourth-order valence-corrected chi connectivity index (χ4v) is 4.12. The summed E-state index contributed by atoms with van der Waals surface area (Å²) >= 11 is 0. The van der Waals surface area contributed by atoms with Crippen LogP contribution in [0, 0.1) is 0 Å². The fraction of sp³-hybridized carbons (Fsp3) is 0.600. The van der Waals surface area contributed by atoms with E-state index in [2.05, 4.69) is 4.72 Å². The van der Waals surface area contributed by atoms with E-state index < -0.39 is 10.0 Å². The van der Waals surface area contributed by atoms with Crippen LogP contribution >= 0.6 is 0 Å². The number of hydrogen-bond acceptors (Lipinski definition) is 3. The van der Waals surface area contributed by atoms with Gasteiger partial charge in [-0.3, -0.25) is 0 Å². The van der Waals surface area contributed by atoms with E-state index in [1.165, 1.54) is 11.1 Å². The van der Waals surface area contributed by atoms with Crippen molar-refractivity contribution in [3.8, 4) is 0 Å². The van der Waals surface area contributed by atoms with Crippen LogP contribution in [-0.4, -0.2) is 27.7 Å². The van der Waals surface area contributed by atoms with Crippen molar-refractivity contribution in [2.75, 3.05) is 13.2 Å². The lowest BCUT2D eigenvalue weighted by Gasteiger charge is -2.11. The van der Waals surface area contributed by atoms with Crippen LogP contribution in [0.1, 0.15) is 36.8 Å². The summed E-state index contributed by atoms with van der Waals surface area (Å²) in [5, 5.41) is 0. The van der Waals surface area contributed by atoms with Crippen molar-refractivity contribution in [3.63, 3.8) is 0 Å². The molecule has 0 radical (unpaired) electrons. The minimum absolute atomic E-state index is 0.220. The number of sulfonamides is 1. The largest absolute Gasteiger partial charge is 0.378 e. The second-order valence-electron chi connectivity index (χ2n) is 5.61. The molecule has 20 heavy (non-hydrogen) atoms. The number of hydrogen-bond donors (Lipinski definition) is 1. The van der Waals surface area contributed by atoms with Crippen LogP contribution in [0.15, 0.2) is 23.1 Å². The highest BCUT2D eigenvalue weighted by Crippen LogP contribution is 2.24. The van der Waals surface area contributed by atoms with Crippen molar-refractivity contribution >= 4 is 10.0 Å². The maximum atomic E-state index is 12.3. The first-order chi connectivity index (χ1) is 9.65. The van der Waals surface area contributed by atoms with Gasteiger partial charge in [-0.2, -0.15) is 0 Å². The molecular formula is C15H21NO3S. The molecule has 1 N–H and O–H groups in total. The van der Waals surface area contributed by atoms with Crippen molar-refractivity contribution in [2.45, 2.75) is 49.5 Å². The van der Waals surface area contributed by atoms with E-state index >= 15 is 0 Å². The van der Waals surface area contributed by atoms with E-state index in [1.807, 2.05) is 12.1 Å². The Kier molecular flexibility index (Phi) is 4.10. The predicted octanol–water partition coefficient (Wildman–Crippen LogP) is 2.02. The van der Waals surface area contributed by atoms with Crippen molar-refractivity contribution < 1.29 is 13.2 Å². The average Bonchev–Trinajstić information content (AvgIpc) is 3.08. The molecule has 4 nitrogen and oxygen atoms in total. The van der Waals surface area contributed by atoms with Gasteiger partial charge in [0.05, 0.1) is 11.0 Å². The van der Waals surface area contributed by atoms with Crippen molar-refractivity contribution in [2.24, 2.45) is 0 Å². The predicted molar refractivity (Wildman–Crippen MR) is 77.2 cm³/mol. The Morgan fingerprint density at radius 3 is 2.85 bits per heavy atom. The average molecular weight is 295 g/mol. The number of rotatable bonds is 5. The summed E-state index contributed by atoms with van der Waals surface area (Å²) in [5.41, 5.74) is 2.48. The first kappa shape index (κ1) is 14.0. The molecular weight excluding hydrogens is 274 g/mol. The second-order valence-corrected chi connectivity index (χ2v) is 7.37. The molecule has 1 saturated heterocycles. The van der Waals surface area contributed by atoms with Crippen LogP contribution in [0.2, 0.25) is 0 Å². The van der Waals surface area contributed by atoms with Crippen molar-refractivity contribution in [1.82, 2.24) is 4.72 Å². The smallest absolute Gasteiger partial charge is 0.240 e. The minimum Gasteiger partial charge on any atom is -0.378 e. The number of nitrogens with one attached hydrogen (secondary N) is 1. The number of ether oxygens (including phenoxy) is 1. The third kappa shape index (κ3) is 3.05. The standard InChI is InChI=1S/C15H21NO3S/c17-20(18,16-9-8-14-5-2-10-19-14)15-7-6-12-3-1-4-13(12)11-15/h6-7,11,14,16H,1-5,8-10H2/t14-/m1/s1. The molecule has 1 aromatic carbocycles. The van der Waals surface area contributed by atoms with Gasteiger partial charge in [-0.25, -0.2) is 13.1 Å². The molecule has 0 amide bonds. The Morgan fingerprint density at radius 1 is 1.20 bits per heavy atom. The van der Waals surface area contributed by atoms with Gasteiger partial charge in [0.15, 0.2) is 0 Å². The molecule has 5 heteroatoms. The lowest BCUT2D eigenvalue weighted by molar-refractivity contribution is 0.105. The highest BCUT2D eigenvalue weighted by atomic mass is 32.2. The van der Waals surface area contributed by atoms with Gasteiger partial charge < -0.3 is 4.74 Å². The third-order valence-corrected chi connectivity index (χ3v) is 5.62. The minimum atomic E-state index is -3.38. The van der Waals surface area contributed by atoms with Gasteiger partial charge in [-0.1, -0.05) is 6.07 Å². The Balaban J connectivity index is 1.62. The van der Waals surface area contributed by atoms with E-state index in [4.69, 9.17) is 4.74 Å². The van der Waals surface area contributed by atoms with Crippen LogP contribution in [-0.2, 0) is 27.6 Å². The van der Waals surface area contributed by atoms with Crippen LogP contribution < -0.4 is 4.72 Å². The molecule has 0 bridgehead atoms. The van der Waals surface area contributed by atoms with Crippen LogP contribution in [0.4, 0.5) is 0 Å². The summed E-state index contributed by atoms with van der Waals surface area (Å²) in [5.74, 6) is 0. The maximum absolute atomic E-state index is 12.3. The zero-order valence-corrected chi connectivity index (χ0v) is 12.4. The molecule has 0 unspecified atom stereocenters. The van der Waals surface area contributed by atoms with Crippen LogP contribution in [0.5, 0.6) is 0 Å². The Morgan fingerprint density at radius 2 is 2.05 bits per heavy atom. The summed E-state index contributed by atoms with van der Waals surface area (Å²) in [6.45, 7) is 1.26. The Hall–Kier alpha value is -0.910. The summed E-state index contributed by atoms with van der Waals surface area (Å²) in [7, 11) is -3.38. The molecule has 1 fully saturated rings. The highest BCUT2D eigenvalue weighted by molar-refractivity contribution is 7.89. The molecule has 2 aliphatic rings. The topological polar surface area (TPSA) is 55.4 Å². The molecule has 1 aromatic rings. The SMILES string of the molecule is O=S(=O)(NCC[C@H]1CCCO1)c1ccc2c(c1)CCC2. The fourth-order valence-electron chi connectivity index (χ4n) is 3.02. The molecule has 3 rings (SSSR count). The molecule has 1 heterocycles. The van der Waals surface area contributed by atoms with Gasteiger partial charge >= 0.3 is 0 Å². The highest BCUT2D eigenvalue weighted by Gasteiger charge is 2.20. The van der Waals surface area contributed by atoms with Gasteiger partial charge in [0, 0.05) is 13.2 Å². The molecule has 1 aliphatic heterocycles. The van der Waals surface area contributed by atoms with E-state index in [0.29, 0.717) is 11.4 Å². The monoisotopic (exact) mass is 295 g/mol. The first-order valence-corrected chi connectivity index (χ1v) is 8.86. The van der Waals surface area contributed by atoms with Crippen molar-refractivity contribution in [1.29, 1.82) is 0 Å². The third-order valence-electron chi connectivity index (χ3n) is 4.16. The second kappa shape index (κ2) is 5.84. The molecule has 1 aliphatic carbocycles. The van der Waals surface area contributed by atoms with Gasteiger partial charge in [0.2, 0.25) is 10.0 Å². The van der Waals surface area contributed by atoms with E-state index in [0.717, 1.165) is 45.1 Å². The lowest BCUT2D eigenvalue weighted by atomic mass is 10.1. The Labute approximate surface area is 120 Å². The van der Waals surface area contributed by atoms with Gasteiger partial charge in [-0.15, -0.1) is 0 Å². The number of benzene rings is 1. The van der Waals surface area contributed by atoms with Crippen LogP contribution in [0.3, 0.4) is 0 Å². The zero-order valence-electron chi connectivity index (χ0n) is 11.6. The summed E-state index contributed by atoms with van der Waals surface area (Å²) < 4.78 is 32.7. The summed E-state index contributed by atoms with van der Waals surface area (Å²) in [6, 6.07) is 5.51.